The second-order valence-electron chi connectivity index (χ2n) is 6.65. The Kier molecular flexibility index (Phi) is 3.54. The van der Waals surface area contributed by atoms with Crippen molar-refractivity contribution in [3.8, 4) is 0 Å². The Hall–Kier alpha value is -0.290. The predicted molar refractivity (Wildman–Crippen MR) is 67.9 cm³/mol. The molecule has 5 heteroatoms. The molecule has 2 heterocycles. The molecule has 2 unspecified atom stereocenters. The van der Waals surface area contributed by atoms with E-state index in [2.05, 4.69) is 10.2 Å². The van der Waals surface area contributed by atoms with Crippen LogP contribution < -0.4 is 5.32 Å². The maximum atomic E-state index is 12.8. The second kappa shape index (κ2) is 4.92. The van der Waals surface area contributed by atoms with Gasteiger partial charge in [0.05, 0.1) is 5.92 Å². The van der Waals surface area contributed by atoms with E-state index in [1.54, 1.807) is 0 Å². The lowest BCUT2D eigenvalue weighted by Crippen LogP contribution is -2.43. The van der Waals surface area contributed by atoms with Gasteiger partial charge in [-0.25, -0.2) is 0 Å². The molecule has 0 aromatic carbocycles. The Morgan fingerprint density at radius 1 is 1.21 bits per heavy atom. The second-order valence-corrected chi connectivity index (χ2v) is 6.65. The fourth-order valence-electron chi connectivity index (χ4n) is 4.03. The normalized spacial score (nSPS) is 35.5. The molecule has 2 aliphatic heterocycles. The first-order valence-electron chi connectivity index (χ1n) is 7.49. The van der Waals surface area contributed by atoms with Gasteiger partial charge >= 0.3 is 6.18 Å². The van der Waals surface area contributed by atoms with Crippen molar-refractivity contribution in [1.29, 1.82) is 0 Å². The van der Waals surface area contributed by atoms with Gasteiger partial charge in [0.25, 0.3) is 0 Å². The number of rotatable bonds is 2. The maximum Gasteiger partial charge on any atom is 0.393 e. The van der Waals surface area contributed by atoms with Crippen molar-refractivity contribution in [3.63, 3.8) is 0 Å². The summed E-state index contributed by atoms with van der Waals surface area (Å²) in [6, 6.07) is 0. The number of nitrogens with one attached hydrogen (secondary N) is 1. The summed E-state index contributed by atoms with van der Waals surface area (Å²) in [5.74, 6) is -0.439. The van der Waals surface area contributed by atoms with Crippen molar-refractivity contribution >= 4 is 0 Å². The van der Waals surface area contributed by atoms with Crippen LogP contribution in [0, 0.1) is 17.3 Å². The minimum Gasteiger partial charge on any atom is -0.317 e. The summed E-state index contributed by atoms with van der Waals surface area (Å²) < 4.78 is 38.3. The lowest BCUT2D eigenvalue weighted by atomic mass is 9.91. The van der Waals surface area contributed by atoms with Gasteiger partial charge in [-0.15, -0.1) is 0 Å². The number of piperidine rings is 2. The first-order chi connectivity index (χ1) is 9.00. The molecule has 1 spiro atoms. The van der Waals surface area contributed by atoms with Crippen LogP contribution in [0.3, 0.4) is 0 Å². The minimum absolute atomic E-state index is 0.230. The standard InChI is InChI=1S/C14H23F3N2/c15-14(16,17)11-2-1-7-19(9-11)10-12-8-13(12)3-5-18-6-4-13/h11-12,18H,1-10H2. The average molecular weight is 276 g/mol. The van der Waals surface area contributed by atoms with E-state index in [0.29, 0.717) is 24.2 Å². The third-order valence-corrected chi connectivity index (χ3v) is 5.41. The van der Waals surface area contributed by atoms with E-state index in [-0.39, 0.29) is 6.54 Å². The van der Waals surface area contributed by atoms with Gasteiger partial charge in [0.15, 0.2) is 0 Å². The zero-order valence-electron chi connectivity index (χ0n) is 11.3. The number of likely N-dealkylation sites (tertiary alicyclic amines) is 1. The van der Waals surface area contributed by atoms with Gasteiger partial charge in [0.1, 0.15) is 0 Å². The van der Waals surface area contributed by atoms with Crippen LogP contribution in [0.5, 0.6) is 0 Å². The van der Waals surface area contributed by atoms with Gasteiger partial charge in [-0.1, -0.05) is 0 Å². The van der Waals surface area contributed by atoms with E-state index in [4.69, 9.17) is 0 Å². The summed E-state index contributed by atoms with van der Waals surface area (Å²) in [5.41, 5.74) is 0.483. The Labute approximate surface area is 112 Å². The monoisotopic (exact) mass is 276 g/mol. The quantitative estimate of drug-likeness (QED) is 0.834. The minimum atomic E-state index is -4.01. The van der Waals surface area contributed by atoms with Crippen LogP contribution in [-0.2, 0) is 0 Å². The molecule has 0 bridgehead atoms. The van der Waals surface area contributed by atoms with Crippen LogP contribution in [0.25, 0.3) is 0 Å². The number of alkyl halides is 3. The first-order valence-corrected chi connectivity index (χ1v) is 7.49. The zero-order valence-corrected chi connectivity index (χ0v) is 11.3. The summed E-state index contributed by atoms with van der Waals surface area (Å²) in [6.07, 6.45) is 0.685. The van der Waals surface area contributed by atoms with E-state index < -0.39 is 12.1 Å². The summed E-state index contributed by atoms with van der Waals surface area (Å²) >= 11 is 0. The summed E-state index contributed by atoms with van der Waals surface area (Å²) in [6.45, 7) is 4.15. The van der Waals surface area contributed by atoms with Gasteiger partial charge in [0, 0.05) is 13.1 Å². The highest BCUT2D eigenvalue weighted by atomic mass is 19.4. The van der Waals surface area contributed by atoms with Crippen LogP contribution >= 0.6 is 0 Å². The van der Waals surface area contributed by atoms with Crippen LogP contribution in [0.4, 0.5) is 13.2 Å². The highest BCUT2D eigenvalue weighted by Gasteiger charge is 2.54. The Balaban J connectivity index is 1.51. The first kappa shape index (κ1) is 13.7. The highest BCUT2D eigenvalue weighted by Crippen LogP contribution is 2.58. The van der Waals surface area contributed by atoms with E-state index in [9.17, 15) is 13.2 Å². The Morgan fingerprint density at radius 2 is 1.95 bits per heavy atom. The van der Waals surface area contributed by atoms with Crippen LogP contribution in [0.15, 0.2) is 0 Å². The fourth-order valence-corrected chi connectivity index (χ4v) is 4.03. The molecular weight excluding hydrogens is 253 g/mol. The van der Waals surface area contributed by atoms with Crippen LogP contribution in [0.2, 0.25) is 0 Å². The summed E-state index contributed by atoms with van der Waals surface area (Å²) in [4.78, 5) is 2.07. The van der Waals surface area contributed by atoms with Gasteiger partial charge in [-0.3, -0.25) is 0 Å². The molecule has 1 saturated carbocycles. The smallest absolute Gasteiger partial charge is 0.317 e. The van der Waals surface area contributed by atoms with Crippen molar-refractivity contribution < 1.29 is 13.2 Å². The average Bonchev–Trinajstić information content (AvgIpc) is 3.01. The molecule has 3 rings (SSSR count). The Bertz CT molecular complexity index is 323. The molecule has 1 N–H and O–H groups in total. The lowest BCUT2D eigenvalue weighted by Gasteiger charge is -2.34. The highest BCUT2D eigenvalue weighted by molar-refractivity contribution is 5.05. The molecule has 0 amide bonds. The van der Waals surface area contributed by atoms with E-state index in [1.165, 1.54) is 19.3 Å². The van der Waals surface area contributed by atoms with Gasteiger partial charge < -0.3 is 10.2 Å². The molecule has 0 radical (unpaired) electrons. The third kappa shape index (κ3) is 2.92. The maximum absolute atomic E-state index is 12.8. The zero-order chi connectivity index (χ0) is 13.5. The number of hydrogen-bond donors (Lipinski definition) is 1. The van der Waals surface area contributed by atoms with E-state index in [0.717, 1.165) is 26.2 Å². The van der Waals surface area contributed by atoms with Gasteiger partial charge in [-0.2, -0.15) is 13.2 Å². The molecule has 2 atom stereocenters. The molecule has 2 saturated heterocycles. The molecule has 19 heavy (non-hydrogen) atoms. The molecule has 3 fully saturated rings. The SMILES string of the molecule is FC(F)(F)C1CCCN(CC2CC23CCNCC3)C1. The molecule has 0 aromatic rings. The summed E-state index contributed by atoms with van der Waals surface area (Å²) in [7, 11) is 0. The lowest BCUT2D eigenvalue weighted by molar-refractivity contribution is -0.186. The van der Waals surface area contributed by atoms with E-state index in [1.807, 2.05) is 0 Å². The van der Waals surface area contributed by atoms with Crippen molar-refractivity contribution in [3.05, 3.63) is 0 Å². The van der Waals surface area contributed by atoms with Crippen molar-refractivity contribution in [1.82, 2.24) is 10.2 Å². The van der Waals surface area contributed by atoms with Crippen LogP contribution in [0.1, 0.15) is 32.1 Å². The Morgan fingerprint density at radius 3 is 2.63 bits per heavy atom. The molecule has 3 aliphatic rings. The van der Waals surface area contributed by atoms with Gasteiger partial charge in [0.2, 0.25) is 0 Å². The molecule has 110 valence electrons. The predicted octanol–water partition coefficient (Wildman–Crippen LogP) is 2.65. The van der Waals surface area contributed by atoms with Crippen molar-refractivity contribution in [2.75, 3.05) is 32.7 Å². The fraction of sp³-hybridized carbons (Fsp3) is 1.00. The number of nitrogens with zero attached hydrogens (tertiary/aromatic N) is 1. The third-order valence-electron chi connectivity index (χ3n) is 5.41. The number of halogens is 3. The van der Waals surface area contributed by atoms with Gasteiger partial charge in [-0.05, 0) is 63.1 Å². The molecule has 2 nitrogen and oxygen atoms in total. The largest absolute Gasteiger partial charge is 0.393 e. The van der Waals surface area contributed by atoms with E-state index >= 15 is 0 Å². The molecule has 0 aromatic heterocycles. The topological polar surface area (TPSA) is 15.3 Å². The summed E-state index contributed by atoms with van der Waals surface area (Å²) in [5, 5.41) is 3.37. The van der Waals surface area contributed by atoms with Crippen LogP contribution in [-0.4, -0.2) is 43.8 Å². The number of hydrogen-bond acceptors (Lipinski definition) is 2. The molecule has 1 aliphatic carbocycles. The van der Waals surface area contributed by atoms with Crippen molar-refractivity contribution in [2.45, 2.75) is 38.3 Å². The van der Waals surface area contributed by atoms with Crippen molar-refractivity contribution in [2.24, 2.45) is 17.3 Å². The molecular formula is C14H23F3N2.